The van der Waals surface area contributed by atoms with Gasteiger partial charge in [0.1, 0.15) is 11.8 Å². The lowest BCUT2D eigenvalue weighted by Crippen LogP contribution is -2.52. The van der Waals surface area contributed by atoms with Gasteiger partial charge in [0.15, 0.2) is 0 Å². The molecule has 0 bridgehead atoms. The molecular weight excluding hydrogens is 538 g/mol. The van der Waals surface area contributed by atoms with Crippen LogP contribution in [0.1, 0.15) is 54.6 Å². The summed E-state index contributed by atoms with van der Waals surface area (Å²) in [6.07, 6.45) is 1.84. The molecule has 0 radical (unpaired) electrons. The van der Waals surface area contributed by atoms with Crippen LogP contribution >= 0.6 is 0 Å². The molecule has 4 aromatic carbocycles. The second-order valence-electron chi connectivity index (χ2n) is 11.1. The number of benzene rings is 4. The van der Waals surface area contributed by atoms with E-state index in [1.807, 2.05) is 105 Å². The van der Waals surface area contributed by atoms with Crippen LogP contribution < -0.4 is 15.0 Å². The van der Waals surface area contributed by atoms with Gasteiger partial charge in [-0.15, -0.1) is 0 Å². The highest BCUT2D eigenvalue weighted by Gasteiger charge is 2.32. The van der Waals surface area contributed by atoms with Gasteiger partial charge in [-0.3, -0.25) is 14.4 Å². The highest BCUT2D eigenvalue weighted by atomic mass is 16.5. The van der Waals surface area contributed by atoms with Gasteiger partial charge >= 0.3 is 0 Å². The first-order valence-corrected chi connectivity index (χ1v) is 15.0. The summed E-state index contributed by atoms with van der Waals surface area (Å²) in [6.45, 7) is 4.66. The lowest BCUT2D eigenvalue weighted by molar-refractivity contribution is -0.141. The summed E-state index contributed by atoms with van der Waals surface area (Å²) in [5.41, 5.74) is 3.43. The number of nitrogens with zero attached hydrogens (tertiary/aromatic N) is 2. The fourth-order valence-electron chi connectivity index (χ4n) is 5.70. The summed E-state index contributed by atoms with van der Waals surface area (Å²) >= 11 is 0. The van der Waals surface area contributed by atoms with Gasteiger partial charge in [0.05, 0.1) is 12.8 Å². The molecule has 43 heavy (non-hydrogen) atoms. The molecule has 0 spiro atoms. The molecule has 0 aliphatic carbocycles. The van der Waals surface area contributed by atoms with Gasteiger partial charge in [-0.1, -0.05) is 73.7 Å². The molecule has 0 fully saturated rings. The number of carbonyl (C=O) groups is 3. The molecule has 0 aromatic heterocycles. The summed E-state index contributed by atoms with van der Waals surface area (Å²) < 4.78 is 5.43. The van der Waals surface area contributed by atoms with Gasteiger partial charge in [-0.05, 0) is 60.5 Å². The normalized spacial score (nSPS) is 13.6. The van der Waals surface area contributed by atoms with Gasteiger partial charge in [0.25, 0.3) is 5.91 Å². The average molecular weight is 578 g/mol. The molecule has 2 atom stereocenters. The maximum absolute atomic E-state index is 14.1. The van der Waals surface area contributed by atoms with E-state index >= 15 is 0 Å². The zero-order valence-corrected chi connectivity index (χ0v) is 25.1. The summed E-state index contributed by atoms with van der Waals surface area (Å²) in [6, 6.07) is 28.3. The van der Waals surface area contributed by atoms with Gasteiger partial charge in [0, 0.05) is 42.9 Å². The third kappa shape index (κ3) is 6.72. The first kappa shape index (κ1) is 29.8. The largest absolute Gasteiger partial charge is 0.497 e. The Hall–Kier alpha value is -4.65. The van der Waals surface area contributed by atoms with E-state index in [4.69, 9.17) is 4.74 Å². The Labute approximate surface area is 253 Å². The van der Waals surface area contributed by atoms with Crippen molar-refractivity contribution in [2.45, 2.75) is 58.2 Å². The Morgan fingerprint density at radius 1 is 0.930 bits per heavy atom. The van der Waals surface area contributed by atoms with E-state index in [9.17, 15) is 14.4 Å². The molecular formula is C36H39N3O4. The predicted octanol–water partition coefficient (Wildman–Crippen LogP) is 6.14. The topological polar surface area (TPSA) is 79.0 Å². The number of nitrogens with one attached hydrogen (secondary N) is 1. The second kappa shape index (κ2) is 13.6. The third-order valence-electron chi connectivity index (χ3n) is 8.18. The molecule has 1 aliphatic rings. The van der Waals surface area contributed by atoms with Gasteiger partial charge in [-0.25, -0.2) is 0 Å². The minimum Gasteiger partial charge on any atom is -0.497 e. The summed E-state index contributed by atoms with van der Waals surface area (Å²) in [5.74, 6) is 0.342. The minimum absolute atomic E-state index is 0.0231. The summed E-state index contributed by atoms with van der Waals surface area (Å²) in [7, 11) is 1.61. The van der Waals surface area contributed by atoms with Crippen LogP contribution in [0.3, 0.4) is 0 Å². The van der Waals surface area contributed by atoms with Gasteiger partial charge in [0.2, 0.25) is 11.8 Å². The number of ether oxygens (including phenoxy) is 1. The van der Waals surface area contributed by atoms with Crippen molar-refractivity contribution in [2.24, 2.45) is 0 Å². The van der Waals surface area contributed by atoms with E-state index in [1.165, 1.54) is 0 Å². The summed E-state index contributed by atoms with van der Waals surface area (Å²) in [4.78, 5) is 44.6. The maximum Gasteiger partial charge on any atom is 0.258 e. The maximum atomic E-state index is 14.1. The van der Waals surface area contributed by atoms with Crippen molar-refractivity contribution in [1.29, 1.82) is 0 Å². The first-order valence-electron chi connectivity index (χ1n) is 15.0. The lowest BCUT2D eigenvalue weighted by atomic mass is 10.0. The molecule has 0 saturated carbocycles. The molecule has 4 aromatic rings. The Bertz CT molecular complexity index is 1600. The van der Waals surface area contributed by atoms with Crippen molar-refractivity contribution < 1.29 is 19.1 Å². The van der Waals surface area contributed by atoms with Crippen LogP contribution in [0.15, 0.2) is 91.0 Å². The molecule has 7 heteroatoms. The third-order valence-corrected chi connectivity index (χ3v) is 8.18. The van der Waals surface area contributed by atoms with Crippen molar-refractivity contribution >= 4 is 34.2 Å². The number of rotatable bonds is 13. The molecule has 3 amide bonds. The first-order chi connectivity index (χ1) is 20.9. The van der Waals surface area contributed by atoms with Crippen molar-refractivity contribution in [3.05, 3.63) is 108 Å². The fraction of sp³-hybridized carbons (Fsp3) is 0.306. The molecule has 0 saturated heterocycles. The molecule has 1 heterocycles. The fourth-order valence-corrected chi connectivity index (χ4v) is 5.70. The molecule has 222 valence electrons. The molecule has 5 rings (SSSR count). The predicted molar refractivity (Wildman–Crippen MR) is 170 cm³/mol. The van der Waals surface area contributed by atoms with Crippen LogP contribution in [-0.2, 0) is 22.6 Å². The zero-order valence-electron chi connectivity index (χ0n) is 25.1. The van der Waals surface area contributed by atoms with Gasteiger partial charge < -0.3 is 19.9 Å². The van der Waals surface area contributed by atoms with E-state index in [0.717, 1.165) is 34.0 Å². The smallest absolute Gasteiger partial charge is 0.258 e. The minimum atomic E-state index is -0.707. The average Bonchev–Trinajstić information content (AvgIpc) is 3.31. The number of hydrogen-bond donors (Lipinski definition) is 1. The van der Waals surface area contributed by atoms with Gasteiger partial charge in [-0.2, -0.15) is 0 Å². The highest BCUT2D eigenvalue weighted by molar-refractivity contribution is 6.25. The number of hydrogen-bond acceptors (Lipinski definition) is 4. The van der Waals surface area contributed by atoms with E-state index in [1.54, 1.807) is 16.9 Å². The Kier molecular flexibility index (Phi) is 9.40. The highest BCUT2D eigenvalue weighted by Crippen LogP contribution is 2.37. The monoisotopic (exact) mass is 577 g/mol. The number of amides is 3. The second-order valence-corrected chi connectivity index (χ2v) is 11.1. The van der Waals surface area contributed by atoms with Crippen molar-refractivity contribution in [2.75, 3.05) is 18.6 Å². The zero-order chi connectivity index (χ0) is 30.3. The Balaban J connectivity index is 1.39. The van der Waals surface area contributed by atoms with E-state index in [-0.39, 0.29) is 36.7 Å². The van der Waals surface area contributed by atoms with E-state index in [0.29, 0.717) is 30.7 Å². The molecule has 1 aliphatic heterocycles. The molecule has 1 N–H and O–H groups in total. The van der Waals surface area contributed by atoms with Crippen molar-refractivity contribution in [1.82, 2.24) is 10.2 Å². The number of anilines is 1. The molecule has 7 nitrogen and oxygen atoms in total. The Morgan fingerprint density at radius 3 is 2.40 bits per heavy atom. The molecule has 0 unspecified atom stereocenters. The van der Waals surface area contributed by atoms with Crippen molar-refractivity contribution in [3.8, 4) is 5.75 Å². The quantitative estimate of drug-likeness (QED) is 0.207. The Morgan fingerprint density at radius 2 is 1.65 bits per heavy atom. The number of carbonyl (C=O) groups excluding carboxylic acids is 3. The van der Waals surface area contributed by atoms with Crippen LogP contribution in [0, 0.1) is 0 Å². The van der Waals surface area contributed by atoms with Crippen LogP contribution in [-0.4, -0.2) is 48.4 Å². The van der Waals surface area contributed by atoms with Crippen LogP contribution in [0.5, 0.6) is 5.75 Å². The SMILES string of the molecule is CC[C@@H](C)NC(=O)[C@@H](Cc1ccccc1)N(Cc1cccc(OC)c1)C(=O)CCCN1C(=O)c2cccc3cccc1c23. The van der Waals surface area contributed by atoms with Crippen LogP contribution in [0.4, 0.5) is 5.69 Å². The van der Waals surface area contributed by atoms with Crippen molar-refractivity contribution in [3.63, 3.8) is 0 Å². The summed E-state index contributed by atoms with van der Waals surface area (Å²) in [5, 5.41) is 5.10. The van der Waals surface area contributed by atoms with E-state index in [2.05, 4.69) is 5.32 Å². The van der Waals surface area contributed by atoms with Crippen LogP contribution in [0.25, 0.3) is 10.8 Å². The standard InChI is InChI=1S/C36H39N3O4/c1-4-25(2)37-35(41)32(23-26-12-6-5-7-13-26)39(24-27-14-8-17-29(22-27)43-3)33(40)20-11-21-38-31-19-10-16-28-15-9-18-30(34(28)31)36(38)42/h5-10,12-19,22,25,32H,4,11,20-21,23-24H2,1-3H3,(H,37,41)/t25-,32-/m1/s1. The van der Waals surface area contributed by atoms with E-state index < -0.39 is 6.04 Å². The van der Waals surface area contributed by atoms with Crippen LogP contribution in [0.2, 0.25) is 0 Å². The number of methoxy groups -OCH3 is 1. The lowest BCUT2D eigenvalue weighted by Gasteiger charge is -2.32.